The number of nitrogens with one attached hydrogen (secondary N) is 1. The van der Waals surface area contributed by atoms with Gasteiger partial charge in [0.25, 0.3) is 0 Å². The third kappa shape index (κ3) is 11.1. The highest BCUT2D eigenvalue weighted by atomic mass is 35.5. The number of carbonyl (C=O) groups excluding carboxylic acids is 1. The predicted molar refractivity (Wildman–Crippen MR) is 172 cm³/mol. The van der Waals surface area contributed by atoms with E-state index in [-0.39, 0.29) is 40.4 Å². The molecule has 0 aliphatic heterocycles. The SMILES string of the molecule is Cc1cc([C@@H](O)CCC(C)CCCOc2ccc(CCCCCC(=N)CC(=O)c3nc(Cl)c(N)nc3N)cc2)ccc1O. The van der Waals surface area contributed by atoms with Gasteiger partial charge in [0.2, 0.25) is 0 Å². The number of anilines is 2. The van der Waals surface area contributed by atoms with Crippen molar-refractivity contribution in [2.45, 2.75) is 84.2 Å². The predicted octanol–water partition coefficient (Wildman–Crippen LogP) is 7.01. The molecule has 0 saturated carbocycles. The van der Waals surface area contributed by atoms with Crippen LogP contribution in [0.1, 0.15) is 98.0 Å². The minimum Gasteiger partial charge on any atom is -0.508 e. The quantitative estimate of drug-likeness (QED) is 0.0582. The van der Waals surface area contributed by atoms with Crippen LogP contribution in [0.4, 0.5) is 11.6 Å². The Bertz CT molecular complexity index is 1370. The van der Waals surface area contributed by atoms with Gasteiger partial charge in [-0.05, 0) is 105 Å². The molecule has 2 atom stereocenters. The van der Waals surface area contributed by atoms with E-state index < -0.39 is 6.10 Å². The van der Waals surface area contributed by atoms with Crippen molar-refractivity contribution in [3.8, 4) is 11.5 Å². The van der Waals surface area contributed by atoms with Gasteiger partial charge in [0, 0.05) is 5.71 Å². The lowest BCUT2D eigenvalue weighted by atomic mass is 9.95. The maximum Gasteiger partial charge on any atom is 0.190 e. The second-order valence-corrected chi connectivity index (χ2v) is 11.6. The Morgan fingerprint density at radius 2 is 1.74 bits per heavy atom. The second kappa shape index (κ2) is 16.8. The van der Waals surface area contributed by atoms with Crippen molar-refractivity contribution in [1.29, 1.82) is 5.41 Å². The van der Waals surface area contributed by atoms with Crippen LogP contribution < -0.4 is 16.2 Å². The zero-order chi connectivity index (χ0) is 31.4. The molecule has 0 aliphatic carbocycles. The van der Waals surface area contributed by atoms with Gasteiger partial charge in [-0.25, -0.2) is 9.97 Å². The van der Waals surface area contributed by atoms with E-state index >= 15 is 0 Å². The average molecular weight is 610 g/mol. The van der Waals surface area contributed by atoms with Crippen molar-refractivity contribution in [2.75, 3.05) is 18.1 Å². The van der Waals surface area contributed by atoms with Gasteiger partial charge in [-0.15, -0.1) is 0 Å². The van der Waals surface area contributed by atoms with Gasteiger partial charge in [-0.3, -0.25) is 4.79 Å². The van der Waals surface area contributed by atoms with Gasteiger partial charge >= 0.3 is 0 Å². The van der Waals surface area contributed by atoms with E-state index in [0.29, 0.717) is 31.1 Å². The number of hydrogen-bond acceptors (Lipinski definition) is 9. The Hall–Kier alpha value is -3.69. The summed E-state index contributed by atoms with van der Waals surface area (Å²) in [5.41, 5.74) is 14.4. The molecule has 3 rings (SSSR count). The van der Waals surface area contributed by atoms with Crippen LogP contribution in [-0.2, 0) is 6.42 Å². The highest BCUT2D eigenvalue weighted by molar-refractivity contribution is 6.31. The largest absolute Gasteiger partial charge is 0.508 e. The Labute approximate surface area is 259 Å². The Morgan fingerprint density at radius 3 is 2.47 bits per heavy atom. The van der Waals surface area contributed by atoms with Crippen LogP contribution in [0, 0.1) is 18.3 Å². The van der Waals surface area contributed by atoms with Crippen LogP contribution in [0.15, 0.2) is 42.5 Å². The number of aliphatic hydroxyl groups excluding tert-OH is 1. The van der Waals surface area contributed by atoms with E-state index in [4.69, 9.17) is 33.2 Å². The summed E-state index contributed by atoms with van der Waals surface area (Å²) >= 11 is 5.84. The van der Waals surface area contributed by atoms with Gasteiger partial charge in [-0.2, -0.15) is 0 Å². The van der Waals surface area contributed by atoms with E-state index in [1.165, 1.54) is 5.56 Å². The molecule has 43 heavy (non-hydrogen) atoms. The van der Waals surface area contributed by atoms with Crippen LogP contribution in [0.25, 0.3) is 0 Å². The number of nitrogens with two attached hydrogens (primary N) is 2. The summed E-state index contributed by atoms with van der Waals surface area (Å²) in [4.78, 5) is 20.1. The number of Topliss-reactive ketones (excluding diaryl/α,β-unsaturated/α-hetero) is 1. The van der Waals surface area contributed by atoms with Crippen LogP contribution in [-0.4, -0.2) is 38.3 Å². The third-order valence-corrected chi connectivity index (χ3v) is 7.84. The minimum atomic E-state index is -0.516. The molecular formula is C33H44ClN5O4. The zero-order valence-electron chi connectivity index (χ0n) is 25.1. The number of halogens is 1. The number of phenols is 1. The molecule has 1 aromatic heterocycles. The lowest BCUT2D eigenvalue weighted by Crippen LogP contribution is -2.14. The number of nitrogen functional groups attached to an aromatic ring is 2. The molecule has 232 valence electrons. The lowest BCUT2D eigenvalue weighted by molar-refractivity contribution is 0.0996. The number of benzene rings is 2. The van der Waals surface area contributed by atoms with Crippen LogP contribution in [0.2, 0.25) is 5.15 Å². The van der Waals surface area contributed by atoms with E-state index in [1.807, 2.05) is 25.1 Å². The molecule has 7 N–H and O–H groups in total. The Kier molecular flexibility index (Phi) is 13.2. The van der Waals surface area contributed by atoms with Crippen molar-refractivity contribution in [3.05, 3.63) is 70.0 Å². The fourth-order valence-corrected chi connectivity index (χ4v) is 5.00. The van der Waals surface area contributed by atoms with Gasteiger partial charge in [0.15, 0.2) is 28.3 Å². The lowest BCUT2D eigenvalue weighted by Gasteiger charge is -2.16. The number of aryl methyl sites for hydroxylation is 2. The van der Waals surface area contributed by atoms with Crippen molar-refractivity contribution >= 4 is 34.7 Å². The topological polar surface area (TPSA) is 168 Å². The van der Waals surface area contributed by atoms with E-state index in [9.17, 15) is 15.0 Å². The maximum atomic E-state index is 12.4. The molecule has 0 spiro atoms. The van der Waals surface area contributed by atoms with E-state index in [0.717, 1.165) is 61.8 Å². The fraction of sp³-hybridized carbons (Fsp3) is 0.455. The fourth-order valence-electron chi connectivity index (χ4n) is 4.87. The second-order valence-electron chi connectivity index (χ2n) is 11.3. The summed E-state index contributed by atoms with van der Waals surface area (Å²) in [6.45, 7) is 4.70. The number of aromatic nitrogens is 2. The number of aromatic hydroxyl groups is 1. The molecule has 0 fully saturated rings. The number of ether oxygens (including phenoxy) is 1. The van der Waals surface area contributed by atoms with Crippen LogP contribution >= 0.6 is 11.6 Å². The number of rotatable bonds is 18. The highest BCUT2D eigenvalue weighted by Crippen LogP contribution is 2.27. The smallest absolute Gasteiger partial charge is 0.190 e. The zero-order valence-corrected chi connectivity index (χ0v) is 25.9. The van der Waals surface area contributed by atoms with Crippen molar-refractivity contribution in [2.24, 2.45) is 5.92 Å². The molecule has 3 aromatic rings. The molecule has 1 heterocycles. The standard InChI is InChI=1S/C33H44ClN5O4/c1-21(10-16-28(41)24-13-17-27(40)22(2)19-24)7-6-18-43-26-14-11-23(12-15-26)8-4-3-5-9-25(35)20-29(42)30-32(36)39-33(37)31(34)38-30/h11-15,17,19,21,28,35,40-41H,3-10,16,18,20H2,1-2H3,(H4,36,37,39)/t21?,28-/m0/s1. The van der Waals surface area contributed by atoms with E-state index in [2.05, 4.69) is 29.0 Å². The molecule has 0 aliphatic rings. The number of nitrogens with zero attached hydrogens (tertiary/aromatic N) is 2. The molecule has 0 amide bonds. The number of ketones is 1. The molecule has 2 aromatic carbocycles. The minimum absolute atomic E-state index is 0.0263. The molecule has 0 bridgehead atoms. The molecular weight excluding hydrogens is 566 g/mol. The molecule has 1 unspecified atom stereocenters. The maximum absolute atomic E-state index is 12.4. The van der Waals surface area contributed by atoms with Crippen molar-refractivity contribution in [3.63, 3.8) is 0 Å². The molecule has 10 heteroatoms. The average Bonchev–Trinajstić information content (AvgIpc) is 2.97. The van der Waals surface area contributed by atoms with Crippen molar-refractivity contribution < 1.29 is 19.7 Å². The van der Waals surface area contributed by atoms with Crippen molar-refractivity contribution in [1.82, 2.24) is 9.97 Å². The molecule has 9 nitrogen and oxygen atoms in total. The molecule has 0 saturated heterocycles. The van der Waals surface area contributed by atoms with E-state index in [1.54, 1.807) is 12.1 Å². The highest BCUT2D eigenvalue weighted by Gasteiger charge is 2.17. The first-order chi connectivity index (χ1) is 20.5. The molecule has 0 radical (unpaired) electrons. The first-order valence-corrected chi connectivity index (χ1v) is 15.3. The third-order valence-electron chi connectivity index (χ3n) is 7.56. The summed E-state index contributed by atoms with van der Waals surface area (Å²) in [5, 5.41) is 28.2. The number of unbranched alkanes of at least 4 members (excludes halogenated alkanes) is 2. The first-order valence-electron chi connectivity index (χ1n) is 14.9. The van der Waals surface area contributed by atoms with Gasteiger partial charge in [0.05, 0.1) is 19.1 Å². The number of aliphatic hydroxyl groups is 1. The summed E-state index contributed by atoms with van der Waals surface area (Å²) in [7, 11) is 0. The number of carbonyl (C=O) groups is 1. The Balaban J connectivity index is 1.25. The van der Waals surface area contributed by atoms with Gasteiger partial charge in [0.1, 0.15) is 11.5 Å². The first kappa shape index (κ1) is 33.8. The summed E-state index contributed by atoms with van der Waals surface area (Å²) in [5.74, 6) is 1.12. The normalized spacial score (nSPS) is 12.6. The van der Waals surface area contributed by atoms with Gasteiger partial charge in [-0.1, -0.05) is 43.1 Å². The summed E-state index contributed by atoms with van der Waals surface area (Å²) in [6.07, 6.45) is 7.27. The number of hydrogen-bond donors (Lipinski definition) is 5. The van der Waals surface area contributed by atoms with Crippen LogP contribution in [0.5, 0.6) is 11.5 Å². The van der Waals surface area contributed by atoms with Crippen LogP contribution in [0.3, 0.4) is 0 Å². The van der Waals surface area contributed by atoms with Gasteiger partial charge < -0.3 is 31.8 Å². The summed E-state index contributed by atoms with van der Waals surface area (Å²) < 4.78 is 5.93. The Morgan fingerprint density at radius 1 is 1.00 bits per heavy atom. The monoisotopic (exact) mass is 609 g/mol. The number of phenolic OH excluding ortho intramolecular Hbond substituents is 1. The summed E-state index contributed by atoms with van der Waals surface area (Å²) in [6, 6.07) is 13.5.